The fraction of sp³-hybridized carbons (Fsp3) is 0.300. The first-order chi connectivity index (χ1) is 7.88. The summed E-state index contributed by atoms with van der Waals surface area (Å²) < 4.78 is 26.3. The fourth-order valence-corrected chi connectivity index (χ4v) is 1.26. The molecular formula is C10H10F2O5. The highest BCUT2D eigenvalue weighted by atomic mass is 19.1. The highest BCUT2D eigenvalue weighted by molar-refractivity contribution is 5.88. The summed E-state index contributed by atoms with van der Waals surface area (Å²) in [5, 5.41) is 35.7. The van der Waals surface area contributed by atoms with Crippen LogP contribution in [0, 0.1) is 11.6 Å². The molecule has 1 rings (SSSR count). The minimum Gasteiger partial charge on any atom is -0.478 e. The van der Waals surface area contributed by atoms with Crippen LogP contribution in [0.1, 0.15) is 22.0 Å². The van der Waals surface area contributed by atoms with Gasteiger partial charge in [0.15, 0.2) is 0 Å². The van der Waals surface area contributed by atoms with Crippen LogP contribution in [0.2, 0.25) is 0 Å². The number of aliphatic hydroxyl groups is 3. The smallest absolute Gasteiger partial charge is 0.338 e. The molecule has 0 radical (unpaired) electrons. The van der Waals surface area contributed by atoms with Crippen LogP contribution in [0.3, 0.4) is 0 Å². The third-order valence-corrected chi connectivity index (χ3v) is 2.19. The number of carboxylic acid groups (broad SMARTS) is 1. The number of halogens is 2. The summed E-state index contributed by atoms with van der Waals surface area (Å²) >= 11 is 0. The zero-order valence-electron chi connectivity index (χ0n) is 8.47. The van der Waals surface area contributed by atoms with Crippen molar-refractivity contribution in [3.63, 3.8) is 0 Å². The van der Waals surface area contributed by atoms with E-state index >= 15 is 0 Å². The van der Waals surface area contributed by atoms with Gasteiger partial charge >= 0.3 is 5.97 Å². The van der Waals surface area contributed by atoms with E-state index in [2.05, 4.69) is 0 Å². The normalized spacial score (nSPS) is 14.4. The molecule has 94 valence electrons. The Morgan fingerprint density at radius 2 is 1.82 bits per heavy atom. The zero-order valence-corrected chi connectivity index (χ0v) is 8.47. The van der Waals surface area contributed by atoms with E-state index in [0.29, 0.717) is 12.1 Å². The third-order valence-electron chi connectivity index (χ3n) is 2.19. The van der Waals surface area contributed by atoms with Gasteiger partial charge in [0, 0.05) is 11.6 Å². The second-order valence-corrected chi connectivity index (χ2v) is 3.35. The van der Waals surface area contributed by atoms with Crippen LogP contribution >= 0.6 is 0 Å². The van der Waals surface area contributed by atoms with Gasteiger partial charge in [-0.25, -0.2) is 13.6 Å². The van der Waals surface area contributed by atoms with Crippen LogP contribution in [-0.4, -0.2) is 39.1 Å². The van der Waals surface area contributed by atoms with Gasteiger partial charge in [0.2, 0.25) is 0 Å². The zero-order chi connectivity index (χ0) is 13.2. The monoisotopic (exact) mass is 248 g/mol. The van der Waals surface area contributed by atoms with Gasteiger partial charge in [0.25, 0.3) is 0 Å². The molecule has 0 aliphatic rings. The van der Waals surface area contributed by atoms with E-state index in [-0.39, 0.29) is 0 Å². The molecule has 2 unspecified atom stereocenters. The Hall–Kier alpha value is -1.57. The minimum absolute atomic E-state index is 0.298. The molecule has 4 N–H and O–H groups in total. The second kappa shape index (κ2) is 5.17. The summed E-state index contributed by atoms with van der Waals surface area (Å²) in [6.45, 7) is -0.847. The van der Waals surface area contributed by atoms with Crippen molar-refractivity contribution in [2.24, 2.45) is 0 Å². The molecule has 0 fully saturated rings. The van der Waals surface area contributed by atoms with Crippen molar-refractivity contribution < 1.29 is 34.0 Å². The van der Waals surface area contributed by atoms with Crippen LogP contribution in [0.15, 0.2) is 12.1 Å². The largest absolute Gasteiger partial charge is 0.478 e. The molecule has 7 heteroatoms. The number of benzene rings is 1. The summed E-state index contributed by atoms with van der Waals surface area (Å²) in [6.07, 6.45) is -3.52. The van der Waals surface area contributed by atoms with E-state index < -0.39 is 47.5 Å². The first kappa shape index (κ1) is 13.5. The SMILES string of the molecule is O=C(O)c1cc(C(O)C(O)CO)c(F)cc1F. The molecule has 0 saturated carbocycles. The topological polar surface area (TPSA) is 98.0 Å². The van der Waals surface area contributed by atoms with E-state index in [4.69, 9.17) is 15.3 Å². The van der Waals surface area contributed by atoms with Crippen LogP contribution in [0.25, 0.3) is 0 Å². The van der Waals surface area contributed by atoms with Gasteiger partial charge in [-0.15, -0.1) is 0 Å². The summed E-state index contributed by atoms with van der Waals surface area (Å²) in [7, 11) is 0. The van der Waals surface area contributed by atoms with E-state index in [1.54, 1.807) is 0 Å². The molecular weight excluding hydrogens is 238 g/mol. The maximum absolute atomic E-state index is 13.3. The molecule has 5 nitrogen and oxygen atoms in total. The van der Waals surface area contributed by atoms with E-state index in [9.17, 15) is 18.7 Å². The van der Waals surface area contributed by atoms with Gasteiger partial charge < -0.3 is 20.4 Å². The quantitative estimate of drug-likeness (QED) is 0.603. The maximum atomic E-state index is 13.3. The van der Waals surface area contributed by atoms with E-state index in [1.165, 1.54) is 0 Å². The Balaban J connectivity index is 3.24. The molecule has 0 aromatic heterocycles. The summed E-state index contributed by atoms with van der Waals surface area (Å²) in [5.74, 6) is -4.12. The Morgan fingerprint density at radius 1 is 1.24 bits per heavy atom. The van der Waals surface area contributed by atoms with Crippen molar-refractivity contribution in [1.82, 2.24) is 0 Å². The molecule has 17 heavy (non-hydrogen) atoms. The van der Waals surface area contributed by atoms with Gasteiger partial charge in [0.1, 0.15) is 23.8 Å². The van der Waals surface area contributed by atoms with Gasteiger partial charge in [-0.2, -0.15) is 0 Å². The second-order valence-electron chi connectivity index (χ2n) is 3.35. The van der Waals surface area contributed by atoms with Crippen molar-refractivity contribution in [3.8, 4) is 0 Å². The average Bonchev–Trinajstić information content (AvgIpc) is 2.26. The average molecular weight is 248 g/mol. The van der Waals surface area contributed by atoms with E-state index in [0.717, 1.165) is 0 Å². The summed E-state index contributed by atoms with van der Waals surface area (Å²) in [6, 6.07) is 0.878. The minimum atomic E-state index is -1.83. The van der Waals surface area contributed by atoms with Gasteiger partial charge in [0.05, 0.1) is 12.2 Å². The van der Waals surface area contributed by atoms with Crippen LogP contribution in [0.4, 0.5) is 8.78 Å². The molecule has 0 bridgehead atoms. The summed E-state index contributed by atoms with van der Waals surface area (Å²) in [4.78, 5) is 10.6. The van der Waals surface area contributed by atoms with Crippen molar-refractivity contribution in [3.05, 3.63) is 34.9 Å². The Bertz CT molecular complexity index is 435. The lowest BCUT2D eigenvalue weighted by Gasteiger charge is -2.17. The molecule has 0 aliphatic heterocycles. The van der Waals surface area contributed by atoms with Crippen LogP contribution in [0.5, 0.6) is 0 Å². The highest BCUT2D eigenvalue weighted by Crippen LogP contribution is 2.23. The van der Waals surface area contributed by atoms with Crippen molar-refractivity contribution >= 4 is 5.97 Å². The van der Waals surface area contributed by atoms with Gasteiger partial charge in [-0.05, 0) is 6.07 Å². The number of aliphatic hydroxyl groups excluding tert-OH is 3. The lowest BCUT2D eigenvalue weighted by atomic mass is 10.0. The number of hydrogen-bond donors (Lipinski definition) is 4. The van der Waals surface area contributed by atoms with Crippen LogP contribution < -0.4 is 0 Å². The number of aromatic carboxylic acids is 1. The van der Waals surface area contributed by atoms with Gasteiger partial charge in [-0.1, -0.05) is 0 Å². The third kappa shape index (κ3) is 2.76. The predicted molar refractivity (Wildman–Crippen MR) is 51.4 cm³/mol. The van der Waals surface area contributed by atoms with Crippen molar-refractivity contribution in [2.75, 3.05) is 6.61 Å². The van der Waals surface area contributed by atoms with Gasteiger partial charge in [-0.3, -0.25) is 0 Å². The first-order valence-corrected chi connectivity index (χ1v) is 4.57. The Kier molecular flexibility index (Phi) is 4.11. The molecule has 0 heterocycles. The molecule has 1 aromatic rings. The lowest BCUT2D eigenvalue weighted by molar-refractivity contribution is -0.0169. The number of carboxylic acids is 1. The predicted octanol–water partition coefficient (Wildman–Crippen LogP) is 0.0496. The molecule has 0 amide bonds. The standard InChI is InChI=1S/C10H10F2O5/c11-6-2-7(12)5(10(16)17)1-4(6)9(15)8(14)3-13/h1-2,8-9,13-15H,3H2,(H,16,17). The number of rotatable bonds is 4. The maximum Gasteiger partial charge on any atom is 0.338 e. The fourth-order valence-electron chi connectivity index (χ4n) is 1.26. The van der Waals surface area contributed by atoms with Crippen LogP contribution in [-0.2, 0) is 0 Å². The molecule has 2 atom stereocenters. The Morgan fingerprint density at radius 3 is 2.29 bits per heavy atom. The molecule has 1 aromatic carbocycles. The number of carbonyl (C=O) groups is 1. The Labute approximate surface area is 94.6 Å². The molecule has 0 spiro atoms. The number of hydrogen-bond acceptors (Lipinski definition) is 4. The lowest BCUT2D eigenvalue weighted by Crippen LogP contribution is -2.23. The first-order valence-electron chi connectivity index (χ1n) is 4.57. The van der Waals surface area contributed by atoms with Crippen molar-refractivity contribution in [2.45, 2.75) is 12.2 Å². The highest BCUT2D eigenvalue weighted by Gasteiger charge is 2.24. The van der Waals surface area contributed by atoms with Crippen molar-refractivity contribution in [1.29, 1.82) is 0 Å². The molecule has 0 aliphatic carbocycles. The molecule has 0 saturated heterocycles. The van der Waals surface area contributed by atoms with E-state index in [1.807, 2.05) is 0 Å². The summed E-state index contributed by atoms with van der Waals surface area (Å²) in [5.41, 5.74) is -1.42.